The number of rotatable bonds is 7. The molecule has 1 aliphatic rings. The largest absolute Gasteiger partial charge is 0.480 e. The van der Waals surface area contributed by atoms with Gasteiger partial charge in [-0.05, 0) is 25.0 Å². The summed E-state index contributed by atoms with van der Waals surface area (Å²) in [6, 6.07) is 8.79. The zero-order valence-electron chi connectivity index (χ0n) is 18.1. The van der Waals surface area contributed by atoms with E-state index >= 15 is 0 Å². The van der Waals surface area contributed by atoms with E-state index < -0.39 is 37.9 Å². The van der Waals surface area contributed by atoms with Crippen LogP contribution in [0.25, 0.3) is 10.9 Å². The summed E-state index contributed by atoms with van der Waals surface area (Å²) in [7, 11) is -4.10. The van der Waals surface area contributed by atoms with Crippen LogP contribution in [0.5, 0.6) is 0 Å². The number of nitrogens with zero attached hydrogens (tertiary/aromatic N) is 2. The van der Waals surface area contributed by atoms with Gasteiger partial charge in [0.05, 0.1) is 23.9 Å². The molecule has 178 valence electrons. The van der Waals surface area contributed by atoms with Crippen molar-refractivity contribution in [2.75, 3.05) is 12.8 Å². The van der Waals surface area contributed by atoms with Gasteiger partial charge in [0.25, 0.3) is 5.91 Å². The fraction of sp³-hybridized carbons (Fsp3) is 0.350. The van der Waals surface area contributed by atoms with Crippen LogP contribution in [0, 0.1) is 5.92 Å². The van der Waals surface area contributed by atoms with Crippen molar-refractivity contribution in [3.05, 3.63) is 41.6 Å². The van der Waals surface area contributed by atoms with E-state index in [2.05, 4.69) is 20.6 Å². The van der Waals surface area contributed by atoms with Crippen LogP contribution in [0.3, 0.4) is 0 Å². The topological polar surface area (TPSA) is 199 Å². The highest BCUT2D eigenvalue weighted by Gasteiger charge is 2.43. The van der Waals surface area contributed by atoms with Crippen LogP contribution in [-0.4, -0.2) is 67.0 Å². The Morgan fingerprint density at radius 1 is 1.21 bits per heavy atom. The van der Waals surface area contributed by atoms with E-state index in [1.54, 1.807) is 25.1 Å². The molecule has 1 aromatic heterocycles. The van der Waals surface area contributed by atoms with Gasteiger partial charge >= 0.3 is 19.5 Å². The maximum Gasteiger partial charge on any atom is 0.339 e. The van der Waals surface area contributed by atoms with Crippen molar-refractivity contribution in [2.45, 2.75) is 26.3 Å². The normalized spacial score (nSPS) is 17.9. The monoisotopic (exact) mass is 480 g/mol. The minimum atomic E-state index is -4.10. The second-order valence-corrected chi connectivity index (χ2v) is 9.39. The molecule has 33 heavy (non-hydrogen) atoms. The Kier molecular flexibility index (Phi) is 8.04. The summed E-state index contributed by atoms with van der Waals surface area (Å²) >= 11 is 0. The van der Waals surface area contributed by atoms with E-state index in [4.69, 9.17) is 14.9 Å². The van der Waals surface area contributed by atoms with E-state index in [9.17, 15) is 24.1 Å². The van der Waals surface area contributed by atoms with Crippen molar-refractivity contribution in [3.63, 3.8) is 0 Å². The number of aromatic carboxylic acids is 1. The lowest BCUT2D eigenvalue weighted by atomic mass is 9.89. The average molecular weight is 480 g/mol. The summed E-state index contributed by atoms with van der Waals surface area (Å²) in [5.41, 5.74) is -0.0504. The van der Waals surface area contributed by atoms with Gasteiger partial charge in [-0.15, -0.1) is 0 Å². The summed E-state index contributed by atoms with van der Waals surface area (Å²) < 4.78 is 10.1. The molecule has 0 fully saturated rings. The lowest BCUT2D eigenvalue weighted by molar-refractivity contribution is -0.135. The molecule has 0 spiro atoms. The van der Waals surface area contributed by atoms with Crippen molar-refractivity contribution in [1.82, 2.24) is 15.6 Å². The number of hydrogen-bond acceptors (Lipinski definition) is 7. The maximum atomic E-state index is 12.3. The van der Waals surface area contributed by atoms with Gasteiger partial charge in [0, 0.05) is 5.39 Å². The Bertz CT molecular complexity index is 1160. The molecule has 0 saturated heterocycles. The van der Waals surface area contributed by atoms with Crippen LogP contribution in [0.1, 0.15) is 36.8 Å². The zero-order chi connectivity index (χ0) is 25.0. The van der Waals surface area contributed by atoms with Crippen LogP contribution < -0.4 is 10.6 Å². The number of aliphatic imine (C=N–C) groups is 1. The molecular formula is C20H25N4O8P. The van der Waals surface area contributed by atoms with Crippen molar-refractivity contribution >= 4 is 42.2 Å². The van der Waals surface area contributed by atoms with Gasteiger partial charge in [-0.2, -0.15) is 0 Å². The molecule has 1 aromatic carbocycles. The van der Waals surface area contributed by atoms with Crippen molar-refractivity contribution < 1.29 is 38.9 Å². The van der Waals surface area contributed by atoms with Gasteiger partial charge in [-0.25, -0.2) is 14.8 Å². The Labute approximate surface area is 188 Å². The van der Waals surface area contributed by atoms with Crippen LogP contribution in [-0.2, 0) is 14.2 Å². The number of carbonyl (C=O) groups excluding carboxylic acids is 1. The summed E-state index contributed by atoms with van der Waals surface area (Å²) in [6.07, 6.45) is -0.598. The van der Waals surface area contributed by atoms with Crippen LogP contribution in [0.4, 0.5) is 0 Å². The molecule has 6 N–H and O–H groups in total. The Hall–Kier alpha value is -3.18. The van der Waals surface area contributed by atoms with Gasteiger partial charge in [-0.1, -0.05) is 32.0 Å². The first-order valence-corrected chi connectivity index (χ1v) is 11.6. The first-order valence-electron chi connectivity index (χ1n) is 9.76. The molecule has 12 nitrogen and oxygen atoms in total. The number of amides is 1. The SMILES string of the molecule is CC(C)C1(C)N=C(c2nc3ccccc3cc2C(=O)O)NC1=O.O=C(O)CNCP(=O)(O)O. The molecule has 0 radical (unpaired) electrons. The lowest BCUT2D eigenvalue weighted by Crippen LogP contribution is -2.41. The van der Waals surface area contributed by atoms with Gasteiger partial charge in [0.1, 0.15) is 11.2 Å². The highest BCUT2D eigenvalue weighted by Crippen LogP contribution is 2.31. The second kappa shape index (κ2) is 10.2. The van der Waals surface area contributed by atoms with E-state index in [1.807, 2.05) is 26.0 Å². The van der Waals surface area contributed by atoms with E-state index in [-0.39, 0.29) is 28.9 Å². The number of carbonyl (C=O) groups is 3. The first kappa shape index (κ1) is 26.1. The Balaban J connectivity index is 0.000000328. The van der Waals surface area contributed by atoms with Crippen LogP contribution >= 0.6 is 7.60 Å². The number of amidine groups is 1. The first-order chi connectivity index (χ1) is 15.2. The smallest absolute Gasteiger partial charge is 0.339 e. The lowest BCUT2D eigenvalue weighted by Gasteiger charge is -2.21. The predicted octanol–water partition coefficient (Wildman–Crippen LogP) is 1.02. The van der Waals surface area contributed by atoms with E-state index in [0.717, 1.165) is 5.39 Å². The summed E-state index contributed by atoms with van der Waals surface area (Å²) in [5.74, 6) is -2.29. The third-order valence-corrected chi connectivity index (χ3v) is 5.57. The maximum absolute atomic E-state index is 12.3. The molecule has 0 saturated carbocycles. The molecule has 1 amide bonds. The summed E-state index contributed by atoms with van der Waals surface area (Å²) in [5, 5.41) is 23.0. The molecule has 0 bridgehead atoms. The molecular weight excluding hydrogens is 455 g/mol. The number of carboxylic acid groups (broad SMARTS) is 2. The number of fused-ring (bicyclic) bond motifs is 1. The number of aliphatic carboxylic acids is 1. The second-order valence-electron chi connectivity index (χ2n) is 7.74. The molecule has 0 aliphatic carbocycles. The molecule has 1 unspecified atom stereocenters. The standard InChI is InChI=1S/C17H17N3O3.C3H8NO5P/c1-9(2)17(3)16(23)19-14(20-17)13-11(15(21)22)8-10-6-4-5-7-12(10)18-13;5-3(6)1-4-2-10(7,8)9/h4-9H,1-3H3,(H,21,22)(H,19,20,23);4H,1-2H2,(H,5,6)(H2,7,8,9). The third-order valence-electron chi connectivity index (χ3n) is 4.93. The molecule has 2 heterocycles. The zero-order valence-corrected chi connectivity index (χ0v) is 19.0. The van der Waals surface area contributed by atoms with E-state index in [0.29, 0.717) is 5.52 Å². The van der Waals surface area contributed by atoms with Crippen molar-refractivity contribution in [1.29, 1.82) is 0 Å². The minimum Gasteiger partial charge on any atom is -0.480 e. The highest BCUT2D eigenvalue weighted by atomic mass is 31.2. The fourth-order valence-corrected chi connectivity index (χ4v) is 3.22. The number of hydrogen-bond donors (Lipinski definition) is 6. The summed E-state index contributed by atoms with van der Waals surface area (Å²) in [6.45, 7) is 5.10. The summed E-state index contributed by atoms with van der Waals surface area (Å²) in [4.78, 5) is 58.9. The molecule has 1 atom stereocenters. The van der Waals surface area contributed by atoms with Gasteiger partial charge < -0.3 is 25.3 Å². The minimum absolute atomic E-state index is 0.0197. The number of para-hydroxylation sites is 1. The molecule has 3 rings (SSSR count). The van der Waals surface area contributed by atoms with Gasteiger partial charge in [-0.3, -0.25) is 19.5 Å². The fourth-order valence-electron chi connectivity index (χ4n) is 2.82. The Morgan fingerprint density at radius 3 is 2.36 bits per heavy atom. The third kappa shape index (κ3) is 6.65. The van der Waals surface area contributed by atoms with Crippen LogP contribution in [0.15, 0.2) is 35.3 Å². The van der Waals surface area contributed by atoms with Gasteiger partial charge in [0.15, 0.2) is 5.84 Å². The van der Waals surface area contributed by atoms with Crippen molar-refractivity contribution in [2.24, 2.45) is 10.9 Å². The molecule has 1 aliphatic heterocycles. The number of aromatic nitrogens is 1. The molecule has 13 heteroatoms. The Morgan fingerprint density at radius 2 is 1.85 bits per heavy atom. The average Bonchev–Trinajstić information content (AvgIpc) is 3.02. The predicted molar refractivity (Wildman–Crippen MR) is 119 cm³/mol. The molecule has 2 aromatic rings. The highest BCUT2D eigenvalue weighted by molar-refractivity contribution is 7.51. The van der Waals surface area contributed by atoms with Crippen molar-refractivity contribution in [3.8, 4) is 0 Å². The van der Waals surface area contributed by atoms with Gasteiger partial charge in [0.2, 0.25) is 0 Å². The number of carboxylic acids is 2. The number of benzene rings is 1. The quantitative estimate of drug-likeness (QED) is 0.311. The van der Waals surface area contributed by atoms with E-state index in [1.165, 1.54) is 0 Å². The number of pyridine rings is 1. The van der Waals surface area contributed by atoms with Crippen LogP contribution in [0.2, 0.25) is 0 Å². The number of nitrogens with one attached hydrogen (secondary N) is 2.